The number of aromatic nitrogens is 4. The Balaban J connectivity index is 1.78. The molecule has 0 atom stereocenters. The molecule has 0 saturated heterocycles. The van der Waals surface area contributed by atoms with Crippen molar-refractivity contribution in [3.05, 3.63) is 66.0 Å². The van der Waals surface area contributed by atoms with Crippen LogP contribution in [-0.4, -0.2) is 20.2 Å². The van der Waals surface area contributed by atoms with Gasteiger partial charge in [0.2, 0.25) is 0 Å². The maximum atomic E-state index is 4.42. The van der Waals surface area contributed by atoms with Crippen LogP contribution in [0, 0.1) is 6.92 Å². The number of nitrogens with zero attached hydrogens (tertiary/aromatic N) is 4. The summed E-state index contributed by atoms with van der Waals surface area (Å²) in [6.07, 6.45) is 4.43. The van der Waals surface area contributed by atoms with Crippen molar-refractivity contribution in [1.82, 2.24) is 20.2 Å². The maximum absolute atomic E-state index is 4.42. The second-order valence-corrected chi connectivity index (χ2v) is 6.48. The first-order valence-corrected chi connectivity index (χ1v) is 8.47. The molecule has 1 aliphatic carbocycles. The van der Waals surface area contributed by atoms with Gasteiger partial charge in [-0.1, -0.05) is 49.2 Å². The van der Waals surface area contributed by atoms with Gasteiger partial charge in [0.25, 0.3) is 0 Å². The highest BCUT2D eigenvalue weighted by Crippen LogP contribution is 2.41. The Morgan fingerprint density at radius 3 is 2.42 bits per heavy atom. The minimum atomic E-state index is -0.215. The molecule has 0 radical (unpaired) electrons. The molecule has 1 fully saturated rings. The largest absolute Gasteiger partial charge is 0.373 e. The Labute approximate surface area is 141 Å². The first-order valence-electron chi connectivity index (χ1n) is 8.47. The fourth-order valence-electron chi connectivity index (χ4n) is 3.63. The quantitative estimate of drug-likeness (QED) is 0.793. The minimum Gasteiger partial charge on any atom is -0.373 e. The van der Waals surface area contributed by atoms with E-state index >= 15 is 0 Å². The third-order valence-corrected chi connectivity index (χ3v) is 4.86. The van der Waals surface area contributed by atoms with Gasteiger partial charge in [-0.2, -0.15) is 4.68 Å². The van der Waals surface area contributed by atoms with Crippen molar-refractivity contribution in [2.24, 2.45) is 0 Å². The number of aryl methyl sites for hydroxylation is 1. The van der Waals surface area contributed by atoms with Crippen molar-refractivity contribution >= 4 is 5.69 Å². The van der Waals surface area contributed by atoms with Crippen LogP contribution in [0.3, 0.4) is 0 Å². The van der Waals surface area contributed by atoms with Crippen LogP contribution in [0.1, 0.15) is 37.1 Å². The number of nitrogens with one attached hydrogen (secondary N) is 1. The van der Waals surface area contributed by atoms with Gasteiger partial charge in [0.1, 0.15) is 0 Å². The van der Waals surface area contributed by atoms with Crippen molar-refractivity contribution in [3.8, 4) is 5.69 Å². The van der Waals surface area contributed by atoms with Crippen LogP contribution in [-0.2, 0) is 5.54 Å². The summed E-state index contributed by atoms with van der Waals surface area (Å²) in [4.78, 5) is 0. The highest BCUT2D eigenvalue weighted by atomic mass is 15.6. The van der Waals surface area contributed by atoms with E-state index in [9.17, 15) is 0 Å². The van der Waals surface area contributed by atoms with Crippen molar-refractivity contribution in [3.63, 3.8) is 0 Å². The van der Waals surface area contributed by atoms with Crippen LogP contribution >= 0.6 is 0 Å². The summed E-state index contributed by atoms with van der Waals surface area (Å²) in [5, 5.41) is 16.4. The summed E-state index contributed by atoms with van der Waals surface area (Å²) in [6, 6.07) is 18.6. The standard InChI is InChI=1S/C19H21N5/c1-15-9-5-6-12-17(15)24-18(21-22-23-24)19(13-7-8-14-19)20-16-10-3-2-4-11-16/h2-6,9-12,20H,7-8,13-14H2,1H3. The molecule has 1 aliphatic rings. The van der Waals surface area contributed by atoms with E-state index in [2.05, 4.69) is 64.2 Å². The summed E-state index contributed by atoms with van der Waals surface area (Å²) < 4.78 is 1.90. The Morgan fingerprint density at radius 1 is 0.958 bits per heavy atom. The Hall–Kier alpha value is -2.69. The molecule has 3 aromatic rings. The SMILES string of the molecule is Cc1ccccc1-n1nnnc1C1(Nc2ccccc2)CCCC1. The van der Waals surface area contributed by atoms with Gasteiger partial charge < -0.3 is 5.32 Å². The highest BCUT2D eigenvalue weighted by Gasteiger charge is 2.41. The maximum Gasteiger partial charge on any atom is 0.181 e. The van der Waals surface area contributed by atoms with Crippen LogP contribution in [0.2, 0.25) is 0 Å². The number of tetrazole rings is 1. The van der Waals surface area contributed by atoms with E-state index in [1.807, 2.05) is 22.9 Å². The van der Waals surface area contributed by atoms with E-state index < -0.39 is 0 Å². The smallest absolute Gasteiger partial charge is 0.181 e. The second kappa shape index (κ2) is 6.07. The van der Waals surface area contributed by atoms with E-state index in [-0.39, 0.29) is 5.54 Å². The molecule has 24 heavy (non-hydrogen) atoms. The van der Waals surface area contributed by atoms with Gasteiger partial charge in [-0.25, -0.2) is 0 Å². The molecule has 0 aliphatic heterocycles. The van der Waals surface area contributed by atoms with E-state index in [1.54, 1.807) is 0 Å². The number of para-hydroxylation sites is 2. The molecule has 1 N–H and O–H groups in total. The van der Waals surface area contributed by atoms with E-state index in [4.69, 9.17) is 0 Å². The molecule has 1 heterocycles. The topological polar surface area (TPSA) is 55.6 Å². The monoisotopic (exact) mass is 319 g/mol. The molecule has 1 aromatic heterocycles. The van der Waals surface area contributed by atoms with E-state index in [0.717, 1.165) is 30.0 Å². The van der Waals surface area contributed by atoms with Crippen LogP contribution in [0.25, 0.3) is 5.69 Å². The molecule has 5 nitrogen and oxygen atoms in total. The molecule has 0 amide bonds. The Kier molecular flexibility index (Phi) is 3.76. The van der Waals surface area contributed by atoms with Crippen molar-refractivity contribution < 1.29 is 0 Å². The molecule has 1 saturated carbocycles. The summed E-state index contributed by atoms with van der Waals surface area (Å²) in [5.74, 6) is 0.901. The first-order chi connectivity index (χ1) is 11.8. The van der Waals surface area contributed by atoms with Gasteiger partial charge in [-0.3, -0.25) is 0 Å². The fraction of sp³-hybridized carbons (Fsp3) is 0.316. The summed E-state index contributed by atoms with van der Waals surface area (Å²) in [6.45, 7) is 2.09. The van der Waals surface area contributed by atoms with Crippen molar-refractivity contribution in [2.75, 3.05) is 5.32 Å². The normalized spacial score (nSPS) is 16.2. The molecule has 0 unspecified atom stereocenters. The zero-order valence-corrected chi connectivity index (χ0v) is 13.8. The van der Waals surface area contributed by atoms with Crippen molar-refractivity contribution in [2.45, 2.75) is 38.1 Å². The molecule has 0 spiro atoms. The zero-order chi connectivity index (χ0) is 16.4. The number of hydrogen-bond donors (Lipinski definition) is 1. The van der Waals surface area contributed by atoms with E-state index in [0.29, 0.717) is 0 Å². The average Bonchev–Trinajstić information content (AvgIpc) is 3.26. The summed E-state index contributed by atoms with van der Waals surface area (Å²) in [5.41, 5.74) is 3.10. The van der Waals surface area contributed by atoms with Gasteiger partial charge >= 0.3 is 0 Å². The number of hydrogen-bond acceptors (Lipinski definition) is 4. The third kappa shape index (κ3) is 2.56. The molecule has 2 aromatic carbocycles. The van der Waals surface area contributed by atoms with Crippen LogP contribution in [0.5, 0.6) is 0 Å². The average molecular weight is 319 g/mol. The lowest BCUT2D eigenvalue weighted by atomic mass is 9.95. The predicted octanol–water partition coefficient (Wildman–Crippen LogP) is 3.85. The molecular formula is C19H21N5. The zero-order valence-electron chi connectivity index (χ0n) is 13.8. The van der Waals surface area contributed by atoms with Crippen LogP contribution < -0.4 is 5.32 Å². The Morgan fingerprint density at radius 2 is 1.67 bits per heavy atom. The molecule has 0 bridgehead atoms. The van der Waals surface area contributed by atoms with Gasteiger partial charge in [0, 0.05) is 5.69 Å². The van der Waals surface area contributed by atoms with Gasteiger partial charge in [-0.05, 0) is 54.0 Å². The van der Waals surface area contributed by atoms with Crippen molar-refractivity contribution in [1.29, 1.82) is 0 Å². The predicted molar refractivity (Wildman–Crippen MR) is 94.1 cm³/mol. The summed E-state index contributed by atoms with van der Waals surface area (Å²) >= 11 is 0. The lowest BCUT2D eigenvalue weighted by Crippen LogP contribution is -2.35. The fourth-order valence-corrected chi connectivity index (χ4v) is 3.63. The third-order valence-electron chi connectivity index (χ3n) is 4.86. The molecular weight excluding hydrogens is 298 g/mol. The van der Waals surface area contributed by atoms with E-state index in [1.165, 1.54) is 18.4 Å². The number of rotatable bonds is 4. The molecule has 5 heteroatoms. The number of anilines is 1. The lowest BCUT2D eigenvalue weighted by Gasteiger charge is -2.30. The second-order valence-electron chi connectivity index (χ2n) is 6.48. The number of benzene rings is 2. The molecule has 122 valence electrons. The first kappa shape index (κ1) is 14.9. The van der Waals surface area contributed by atoms with Gasteiger partial charge in [0.15, 0.2) is 5.82 Å². The van der Waals surface area contributed by atoms with Crippen LogP contribution in [0.4, 0.5) is 5.69 Å². The summed E-state index contributed by atoms with van der Waals surface area (Å²) in [7, 11) is 0. The highest BCUT2D eigenvalue weighted by molar-refractivity contribution is 5.48. The van der Waals surface area contributed by atoms with Gasteiger partial charge in [-0.15, -0.1) is 5.10 Å². The minimum absolute atomic E-state index is 0.215. The Bertz CT molecular complexity index is 819. The van der Waals surface area contributed by atoms with Gasteiger partial charge in [0.05, 0.1) is 11.2 Å². The lowest BCUT2D eigenvalue weighted by molar-refractivity contribution is 0.461. The van der Waals surface area contributed by atoms with Crippen LogP contribution in [0.15, 0.2) is 54.6 Å². The molecule has 4 rings (SSSR count).